The number of nitrogens with two attached hydrogens (primary N) is 1. The van der Waals surface area contributed by atoms with Crippen LogP contribution in [-0.2, 0) is 4.79 Å². The van der Waals surface area contributed by atoms with Crippen LogP contribution in [-0.4, -0.2) is 16.9 Å². The van der Waals surface area contributed by atoms with Gasteiger partial charge in [0.2, 0.25) is 5.91 Å². The molecule has 1 amide bonds. The van der Waals surface area contributed by atoms with Crippen LogP contribution in [0.25, 0.3) is 0 Å². The van der Waals surface area contributed by atoms with Crippen LogP contribution >= 0.6 is 0 Å². The van der Waals surface area contributed by atoms with Crippen LogP contribution in [0, 0.1) is 27.4 Å². The van der Waals surface area contributed by atoms with Gasteiger partial charge in [-0.1, -0.05) is 6.42 Å². The number of nitriles is 1. The minimum atomic E-state index is -0.577. The fourth-order valence-corrected chi connectivity index (χ4v) is 2.69. The lowest BCUT2D eigenvalue weighted by Gasteiger charge is -2.28. The van der Waals surface area contributed by atoms with Gasteiger partial charge in [-0.15, -0.1) is 0 Å². The molecule has 2 rings (SSSR count). The second-order valence-corrected chi connectivity index (χ2v) is 5.21. The maximum Gasteiger partial charge on any atom is 0.287 e. The maximum atomic E-state index is 11.2. The van der Waals surface area contributed by atoms with Crippen LogP contribution in [0.15, 0.2) is 18.2 Å². The highest BCUT2D eigenvalue weighted by atomic mass is 16.6. The molecule has 0 unspecified atom stereocenters. The number of carbonyl (C=O) groups is 1. The highest BCUT2D eigenvalue weighted by molar-refractivity contribution is 5.76. The maximum absolute atomic E-state index is 11.2. The summed E-state index contributed by atoms with van der Waals surface area (Å²) in [4.78, 5) is 21.5. The van der Waals surface area contributed by atoms with Crippen molar-refractivity contribution in [1.82, 2.24) is 0 Å². The van der Waals surface area contributed by atoms with Crippen molar-refractivity contribution in [3.8, 4) is 6.07 Å². The largest absolute Gasteiger partial charge is 0.382 e. The Bertz CT molecular complexity index is 609. The first-order valence-corrected chi connectivity index (χ1v) is 6.75. The number of carbonyl (C=O) groups excluding carboxylic acids is 1. The van der Waals surface area contributed by atoms with Crippen LogP contribution in [0.1, 0.15) is 31.2 Å². The predicted octanol–water partition coefficient (Wildman–Crippen LogP) is 1.92. The van der Waals surface area contributed by atoms with E-state index in [0.29, 0.717) is 12.1 Å². The number of rotatable bonds is 4. The molecule has 21 heavy (non-hydrogen) atoms. The third-order valence-electron chi connectivity index (χ3n) is 3.76. The molecule has 2 atom stereocenters. The summed E-state index contributed by atoms with van der Waals surface area (Å²) in [7, 11) is 0. The zero-order valence-electron chi connectivity index (χ0n) is 11.4. The van der Waals surface area contributed by atoms with Crippen molar-refractivity contribution >= 4 is 17.3 Å². The summed E-state index contributed by atoms with van der Waals surface area (Å²) < 4.78 is 0. The van der Waals surface area contributed by atoms with E-state index in [1.165, 1.54) is 12.1 Å². The first-order valence-electron chi connectivity index (χ1n) is 6.75. The van der Waals surface area contributed by atoms with Gasteiger partial charge in [-0.25, -0.2) is 0 Å². The number of nitro benzene ring substituents is 1. The monoisotopic (exact) mass is 288 g/mol. The van der Waals surface area contributed by atoms with Crippen molar-refractivity contribution in [2.45, 2.75) is 31.7 Å². The number of hydrogen-bond acceptors (Lipinski definition) is 5. The van der Waals surface area contributed by atoms with Crippen molar-refractivity contribution < 1.29 is 9.72 Å². The van der Waals surface area contributed by atoms with Gasteiger partial charge in [0.1, 0.15) is 11.6 Å². The summed E-state index contributed by atoms with van der Waals surface area (Å²) in [5.74, 6) is -0.423. The van der Waals surface area contributed by atoms with Gasteiger partial charge < -0.3 is 11.1 Å². The summed E-state index contributed by atoms with van der Waals surface area (Å²) >= 11 is 0. The molecule has 1 aromatic rings. The Labute approximate surface area is 121 Å². The molecule has 7 heteroatoms. The number of primary amides is 1. The van der Waals surface area contributed by atoms with Crippen LogP contribution in [0.2, 0.25) is 0 Å². The molecule has 0 aromatic heterocycles. The Hall–Kier alpha value is -2.62. The molecule has 3 N–H and O–H groups in total. The zero-order valence-corrected chi connectivity index (χ0v) is 11.4. The third kappa shape index (κ3) is 3.48. The quantitative estimate of drug-likeness (QED) is 0.647. The Balaban J connectivity index is 2.11. The molecule has 7 nitrogen and oxygen atoms in total. The first-order chi connectivity index (χ1) is 10.0. The average molecular weight is 288 g/mol. The second-order valence-electron chi connectivity index (χ2n) is 5.21. The van der Waals surface area contributed by atoms with E-state index in [2.05, 4.69) is 5.32 Å². The molecule has 1 aromatic carbocycles. The van der Waals surface area contributed by atoms with E-state index >= 15 is 0 Å². The highest BCUT2D eigenvalue weighted by Gasteiger charge is 2.26. The first kappa shape index (κ1) is 14.8. The number of hydrogen-bond donors (Lipinski definition) is 2. The number of anilines is 1. The Morgan fingerprint density at radius 2 is 2.24 bits per heavy atom. The molecule has 1 aliphatic rings. The topological polar surface area (TPSA) is 122 Å². The summed E-state index contributed by atoms with van der Waals surface area (Å²) in [6, 6.07) is 6.27. The number of nitro groups is 1. The zero-order chi connectivity index (χ0) is 15.4. The molecule has 0 saturated heterocycles. The minimum absolute atomic E-state index is 0.0206. The molecule has 1 aliphatic carbocycles. The van der Waals surface area contributed by atoms with Gasteiger partial charge in [0.05, 0.1) is 4.92 Å². The van der Waals surface area contributed by atoms with Gasteiger partial charge in [-0.05, 0) is 31.4 Å². The smallest absolute Gasteiger partial charge is 0.287 e. The Morgan fingerprint density at radius 3 is 2.86 bits per heavy atom. The van der Waals surface area contributed by atoms with Crippen LogP contribution in [0.3, 0.4) is 0 Å². The van der Waals surface area contributed by atoms with Gasteiger partial charge in [0.25, 0.3) is 5.69 Å². The Kier molecular flexibility index (Phi) is 4.38. The van der Waals surface area contributed by atoms with E-state index in [9.17, 15) is 14.9 Å². The number of nitrogens with one attached hydrogen (secondary N) is 1. The fourth-order valence-electron chi connectivity index (χ4n) is 2.69. The standard InChI is InChI=1S/C14H16N4O3/c15-8-10-7-12(4-5-13(10)18(20)21)17-11-3-1-2-9(6-11)14(16)19/h4-5,7,9,11,17H,1-3,6H2,(H2,16,19)/t9-,11+/m1/s1. The normalized spacial score (nSPS) is 21.3. The average Bonchev–Trinajstić information content (AvgIpc) is 2.47. The number of benzene rings is 1. The van der Waals surface area contributed by atoms with Crippen LogP contribution in [0.5, 0.6) is 0 Å². The lowest BCUT2D eigenvalue weighted by molar-refractivity contribution is -0.385. The molecule has 0 radical (unpaired) electrons. The fraction of sp³-hybridized carbons (Fsp3) is 0.429. The summed E-state index contributed by atoms with van der Waals surface area (Å²) in [5.41, 5.74) is 5.80. The molecule has 110 valence electrons. The highest BCUT2D eigenvalue weighted by Crippen LogP contribution is 2.28. The van der Waals surface area contributed by atoms with Gasteiger partial charge in [-0.2, -0.15) is 5.26 Å². The Morgan fingerprint density at radius 1 is 1.48 bits per heavy atom. The molecular weight excluding hydrogens is 272 g/mol. The van der Waals surface area contributed by atoms with Crippen molar-refractivity contribution in [3.63, 3.8) is 0 Å². The van der Waals surface area contributed by atoms with E-state index in [1.54, 1.807) is 6.07 Å². The third-order valence-corrected chi connectivity index (χ3v) is 3.76. The van der Waals surface area contributed by atoms with E-state index in [0.717, 1.165) is 19.3 Å². The van der Waals surface area contributed by atoms with E-state index in [4.69, 9.17) is 11.0 Å². The van der Waals surface area contributed by atoms with Crippen molar-refractivity contribution in [1.29, 1.82) is 5.26 Å². The summed E-state index contributed by atoms with van der Waals surface area (Å²) in [6.07, 6.45) is 3.26. The lowest BCUT2D eigenvalue weighted by Crippen LogP contribution is -2.34. The molecule has 0 bridgehead atoms. The van der Waals surface area contributed by atoms with Crippen molar-refractivity contribution in [2.24, 2.45) is 11.7 Å². The van der Waals surface area contributed by atoms with Crippen molar-refractivity contribution in [2.75, 3.05) is 5.32 Å². The van der Waals surface area contributed by atoms with Gasteiger partial charge >= 0.3 is 0 Å². The van der Waals surface area contributed by atoms with E-state index in [1.807, 2.05) is 6.07 Å². The SMILES string of the molecule is N#Cc1cc(N[C@H]2CCC[C@@H](C(N)=O)C2)ccc1[N+](=O)[O-]. The lowest BCUT2D eigenvalue weighted by atomic mass is 9.85. The molecular formula is C14H16N4O3. The minimum Gasteiger partial charge on any atom is -0.382 e. The molecule has 0 heterocycles. The number of nitrogens with zero attached hydrogens (tertiary/aromatic N) is 2. The molecule has 0 aliphatic heterocycles. The van der Waals surface area contributed by atoms with E-state index < -0.39 is 4.92 Å². The molecule has 1 fully saturated rings. The molecule has 0 spiro atoms. The second kappa shape index (κ2) is 6.22. The van der Waals surface area contributed by atoms with Crippen LogP contribution in [0.4, 0.5) is 11.4 Å². The van der Waals surface area contributed by atoms with Crippen molar-refractivity contribution in [3.05, 3.63) is 33.9 Å². The predicted molar refractivity (Wildman–Crippen MR) is 76.4 cm³/mol. The van der Waals surface area contributed by atoms with Gasteiger partial charge in [0.15, 0.2) is 0 Å². The number of amides is 1. The van der Waals surface area contributed by atoms with Gasteiger partial charge in [0, 0.05) is 23.7 Å². The van der Waals surface area contributed by atoms with Crippen LogP contribution < -0.4 is 11.1 Å². The summed E-state index contributed by atoms with van der Waals surface area (Å²) in [5, 5.41) is 23.0. The van der Waals surface area contributed by atoms with E-state index in [-0.39, 0.29) is 29.1 Å². The molecule has 1 saturated carbocycles. The van der Waals surface area contributed by atoms with Gasteiger partial charge in [-0.3, -0.25) is 14.9 Å². The summed E-state index contributed by atoms with van der Waals surface area (Å²) in [6.45, 7) is 0.